The lowest BCUT2D eigenvalue weighted by molar-refractivity contribution is -0.120. The number of anilines is 2. The molecule has 0 saturated carbocycles. The molecule has 2 amide bonds. The van der Waals surface area contributed by atoms with Crippen LogP contribution in [-0.2, 0) is 11.3 Å². The number of amides is 2. The Morgan fingerprint density at radius 1 is 1.33 bits per heavy atom. The quantitative estimate of drug-likeness (QED) is 0.676. The van der Waals surface area contributed by atoms with Crippen molar-refractivity contribution < 1.29 is 14.3 Å². The smallest absolute Gasteiger partial charge is 0.266 e. The standard InChI is InChI=1S/C21H22N4O4S/c1-4-5-8-25-11-22-20-17(21(25)28)12(2)18(30-20)19(27)23-13-6-7-15-14(9-13)24(3)16(26)10-29-15/h6-7,9,11H,4-5,8,10H2,1-3H3,(H,23,27). The van der Waals surface area contributed by atoms with Crippen LogP contribution in [0.1, 0.15) is 35.0 Å². The molecule has 4 rings (SSSR count). The molecule has 8 nitrogen and oxygen atoms in total. The van der Waals surface area contributed by atoms with Gasteiger partial charge >= 0.3 is 0 Å². The summed E-state index contributed by atoms with van der Waals surface area (Å²) >= 11 is 1.20. The van der Waals surface area contributed by atoms with Crippen LogP contribution in [0.2, 0.25) is 0 Å². The molecule has 0 aliphatic carbocycles. The predicted molar refractivity (Wildman–Crippen MR) is 117 cm³/mol. The highest BCUT2D eigenvalue weighted by Gasteiger charge is 2.24. The lowest BCUT2D eigenvalue weighted by Crippen LogP contribution is -2.35. The third-order valence-electron chi connectivity index (χ3n) is 5.18. The van der Waals surface area contributed by atoms with E-state index in [1.54, 1.807) is 43.1 Å². The summed E-state index contributed by atoms with van der Waals surface area (Å²) in [6.07, 6.45) is 3.42. The van der Waals surface area contributed by atoms with Gasteiger partial charge in [-0.2, -0.15) is 0 Å². The van der Waals surface area contributed by atoms with Crippen LogP contribution < -0.4 is 20.5 Å². The van der Waals surface area contributed by atoms with Crippen LogP contribution in [0.15, 0.2) is 29.3 Å². The van der Waals surface area contributed by atoms with Crippen LogP contribution in [0.25, 0.3) is 10.2 Å². The van der Waals surface area contributed by atoms with Crippen molar-refractivity contribution in [3.8, 4) is 5.75 Å². The first-order valence-corrected chi connectivity index (χ1v) is 10.6. The van der Waals surface area contributed by atoms with Gasteiger partial charge in [-0.15, -0.1) is 11.3 Å². The minimum Gasteiger partial charge on any atom is -0.482 e. The molecule has 0 unspecified atom stereocenters. The number of carbonyl (C=O) groups excluding carboxylic acids is 2. The zero-order valence-corrected chi connectivity index (χ0v) is 17.8. The molecule has 0 spiro atoms. The van der Waals surface area contributed by atoms with Crippen molar-refractivity contribution >= 4 is 44.7 Å². The number of thiophene rings is 1. The number of fused-ring (bicyclic) bond motifs is 2. The number of nitrogens with one attached hydrogen (secondary N) is 1. The summed E-state index contributed by atoms with van der Waals surface area (Å²) < 4.78 is 7.02. The molecular formula is C21H22N4O4S. The van der Waals surface area contributed by atoms with E-state index >= 15 is 0 Å². The summed E-state index contributed by atoms with van der Waals surface area (Å²) in [4.78, 5) is 44.5. The van der Waals surface area contributed by atoms with Gasteiger partial charge in [0.25, 0.3) is 17.4 Å². The summed E-state index contributed by atoms with van der Waals surface area (Å²) in [5, 5.41) is 3.35. The van der Waals surface area contributed by atoms with Gasteiger partial charge in [-0.25, -0.2) is 4.98 Å². The van der Waals surface area contributed by atoms with E-state index in [1.807, 2.05) is 0 Å². The topological polar surface area (TPSA) is 93.5 Å². The highest BCUT2D eigenvalue weighted by Crippen LogP contribution is 2.34. The van der Waals surface area contributed by atoms with Gasteiger partial charge in [0, 0.05) is 19.3 Å². The minimum absolute atomic E-state index is 0.00102. The molecule has 0 fully saturated rings. The first-order valence-electron chi connectivity index (χ1n) is 9.74. The van der Waals surface area contributed by atoms with Gasteiger partial charge in [0.2, 0.25) is 0 Å². The Hall–Kier alpha value is -3.20. The molecule has 1 aromatic carbocycles. The van der Waals surface area contributed by atoms with E-state index < -0.39 is 0 Å². The number of unbranched alkanes of at least 4 members (excludes halogenated alkanes) is 1. The summed E-state index contributed by atoms with van der Waals surface area (Å²) in [7, 11) is 1.67. The van der Waals surface area contributed by atoms with E-state index in [-0.39, 0.29) is 24.0 Å². The van der Waals surface area contributed by atoms with Gasteiger partial charge in [-0.3, -0.25) is 19.0 Å². The van der Waals surface area contributed by atoms with Gasteiger partial charge in [0.15, 0.2) is 6.61 Å². The van der Waals surface area contributed by atoms with Crippen LogP contribution in [0, 0.1) is 6.92 Å². The lowest BCUT2D eigenvalue weighted by atomic mass is 10.2. The number of carbonyl (C=O) groups is 2. The summed E-state index contributed by atoms with van der Waals surface area (Å²) in [5.74, 6) is 0.113. The van der Waals surface area contributed by atoms with Crippen molar-refractivity contribution in [3.05, 3.63) is 45.3 Å². The molecule has 30 heavy (non-hydrogen) atoms. The van der Waals surface area contributed by atoms with Crippen LogP contribution in [0.3, 0.4) is 0 Å². The van der Waals surface area contributed by atoms with Gasteiger partial charge in [-0.05, 0) is 37.1 Å². The Labute approximate surface area is 177 Å². The number of benzene rings is 1. The Bertz CT molecular complexity index is 1210. The maximum absolute atomic E-state index is 12.9. The maximum atomic E-state index is 12.9. The normalized spacial score (nSPS) is 13.3. The second-order valence-corrected chi connectivity index (χ2v) is 8.21. The average molecular weight is 426 g/mol. The fourth-order valence-corrected chi connectivity index (χ4v) is 4.44. The van der Waals surface area contributed by atoms with Crippen LogP contribution >= 0.6 is 11.3 Å². The van der Waals surface area contributed by atoms with E-state index in [1.165, 1.54) is 16.2 Å². The Kier molecular flexibility index (Phi) is 5.29. The third-order valence-corrected chi connectivity index (χ3v) is 6.38. The Morgan fingerprint density at radius 2 is 2.13 bits per heavy atom. The molecule has 1 N–H and O–H groups in total. The molecule has 1 aliphatic rings. The first-order chi connectivity index (χ1) is 14.4. The average Bonchev–Trinajstić information content (AvgIpc) is 3.08. The van der Waals surface area contributed by atoms with Crippen molar-refractivity contribution in [2.24, 2.45) is 0 Å². The fraction of sp³-hybridized carbons (Fsp3) is 0.333. The van der Waals surface area contributed by atoms with E-state index in [2.05, 4.69) is 17.2 Å². The number of nitrogens with zero attached hydrogens (tertiary/aromatic N) is 3. The summed E-state index contributed by atoms with van der Waals surface area (Å²) in [5.41, 5.74) is 1.64. The minimum atomic E-state index is -0.319. The molecule has 0 saturated heterocycles. The number of hydrogen-bond donors (Lipinski definition) is 1. The van der Waals surface area contributed by atoms with Crippen molar-refractivity contribution in [3.63, 3.8) is 0 Å². The molecule has 2 aromatic heterocycles. The third kappa shape index (κ3) is 3.45. The van der Waals surface area contributed by atoms with Crippen molar-refractivity contribution in [1.29, 1.82) is 0 Å². The number of hydrogen-bond acceptors (Lipinski definition) is 6. The number of ether oxygens (including phenoxy) is 1. The first kappa shape index (κ1) is 20.1. The molecule has 1 aliphatic heterocycles. The van der Waals surface area contributed by atoms with Crippen molar-refractivity contribution in [2.45, 2.75) is 33.2 Å². The highest BCUT2D eigenvalue weighted by atomic mass is 32.1. The number of likely N-dealkylation sites (N-methyl/N-ethyl adjacent to an activating group) is 1. The predicted octanol–water partition coefficient (Wildman–Crippen LogP) is 3.17. The van der Waals surface area contributed by atoms with E-state index in [4.69, 9.17) is 4.74 Å². The second kappa shape index (κ2) is 7.91. The van der Waals surface area contributed by atoms with E-state index in [9.17, 15) is 14.4 Å². The molecular weight excluding hydrogens is 404 g/mol. The largest absolute Gasteiger partial charge is 0.482 e. The molecule has 3 heterocycles. The molecule has 0 radical (unpaired) electrons. The second-order valence-electron chi connectivity index (χ2n) is 7.21. The van der Waals surface area contributed by atoms with Crippen LogP contribution in [0.5, 0.6) is 5.75 Å². The van der Waals surface area contributed by atoms with E-state index in [0.717, 1.165) is 12.8 Å². The lowest BCUT2D eigenvalue weighted by Gasteiger charge is -2.26. The van der Waals surface area contributed by atoms with Crippen molar-refractivity contribution in [2.75, 3.05) is 23.9 Å². The fourth-order valence-electron chi connectivity index (χ4n) is 3.40. The van der Waals surface area contributed by atoms with Crippen LogP contribution in [0.4, 0.5) is 11.4 Å². The van der Waals surface area contributed by atoms with Gasteiger partial charge < -0.3 is 15.0 Å². The molecule has 9 heteroatoms. The monoisotopic (exact) mass is 426 g/mol. The Balaban J connectivity index is 1.64. The van der Waals surface area contributed by atoms with Gasteiger partial charge in [0.1, 0.15) is 10.6 Å². The zero-order valence-electron chi connectivity index (χ0n) is 17.0. The number of aryl methyl sites for hydroxylation is 2. The Morgan fingerprint density at radius 3 is 2.90 bits per heavy atom. The van der Waals surface area contributed by atoms with E-state index in [0.29, 0.717) is 44.3 Å². The highest BCUT2D eigenvalue weighted by molar-refractivity contribution is 7.20. The van der Waals surface area contributed by atoms with Gasteiger partial charge in [0.05, 0.1) is 22.3 Å². The molecule has 0 bridgehead atoms. The molecule has 3 aromatic rings. The summed E-state index contributed by atoms with van der Waals surface area (Å²) in [6.45, 7) is 4.45. The van der Waals surface area contributed by atoms with Crippen LogP contribution in [-0.4, -0.2) is 35.0 Å². The number of aromatic nitrogens is 2. The maximum Gasteiger partial charge on any atom is 0.266 e. The molecule has 0 atom stereocenters. The summed E-state index contributed by atoms with van der Waals surface area (Å²) in [6, 6.07) is 5.14. The van der Waals surface area contributed by atoms with Gasteiger partial charge in [-0.1, -0.05) is 13.3 Å². The molecule has 156 valence electrons. The van der Waals surface area contributed by atoms with Crippen molar-refractivity contribution in [1.82, 2.24) is 9.55 Å². The number of rotatable bonds is 5. The SMILES string of the molecule is CCCCn1cnc2sc(C(=O)Nc3ccc4c(c3)N(C)C(=O)CO4)c(C)c2c1=O. The zero-order chi connectivity index (χ0) is 21.4.